The Morgan fingerprint density at radius 2 is 2.33 bits per heavy atom. The molecule has 1 rings (SSSR count). The van der Waals surface area contributed by atoms with Gasteiger partial charge in [0.15, 0.2) is 15.1 Å². The van der Waals surface area contributed by atoms with Gasteiger partial charge in [-0.2, -0.15) is 5.26 Å². The summed E-state index contributed by atoms with van der Waals surface area (Å²) in [7, 11) is -3.22. The van der Waals surface area contributed by atoms with Crippen molar-refractivity contribution in [3.05, 3.63) is 0 Å². The van der Waals surface area contributed by atoms with E-state index >= 15 is 0 Å². The molecule has 1 fully saturated rings. The summed E-state index contributed by atoms with van der Waals surface area (Å²) in [6.07, 6.45) is 2.85. The standard InChI is InChI=1S/C7H12N2O2S/c1-12(10,11)7(5-8)6-3-2-4-9-6/h6-7,9H,2-4H2,1H3. The molecule has 1 aliphatic rings. The minimum Gasteiger partial charge on any atom is -0.312 e. The number of sulfone groups is 1. The molecule has 1 aliphatic heterocycles. The highest BCUT2D eigenvalue weighted by atomic mass is 32.2. The van der Waals surface area contributed by atoms with Crippen LogP contribution < -0.4 is 5.32 Å². The number of hydrogen-bond donors (Lipinski definition) is 1. The van der Waals surface area contributed by atoms with E-state index in [0.29, 0.717) is 0 Å². The van der Waals surface area contributed by atoms with Crippen molar-refractivity contribution in [3.8, 4) is 6.07 Å². The lowest BCUT2D eigenvalue weighted by Gasteiger charge is -2.14. The van der Waals surface area contributed by atoms with Crippen molar-refractivity contribution in [2.75, 3.05) is 12.8 Å². The summed E-state index contributed by atoms with van der Waals surface area (Å²) in [5, 5.41) is 10.8. The maximum atomic E-state index is 11.1. The van der Waals surface area contributed by atoms with Crippen LogP contribution >= 0.6 is 0 Å². The SMILES string of the molecule is CS(=O)(=O)C(C#N)C1CCCN1. The summed E-state index contributed by atoms with van der Waals surface area (Å²) in [6.45, 7) is 0.818. The van der Waals surface area contributed by atoms with Crippen LogP contribution in [-0.2, 0) is 9.84 Å². The summed E-state index contributed by atoms with van der Waals surface area (Å²) < 4.78 is 22.2. The van der Waals surface area contributed by atoms with Crippen LogP contribution in [0.15, 0.2) is 0 Å². The van der Waals surface area contributed by atoms with Gasteiger partial charge < -0.3 is 5.32 Å². The van der Waals surface area contributed by atoms with Crippen molar-refractivity contribution in [1.82, 2.24) is 5.32 Å². The molecule has 1 N–H and O–H groups in total. The van der Waals surface area contributed by atoms with Crippen molar-refractivity contribution in [2.24, 2.45) is 0 Å². The summed E-state index contributed by atoms with van der Waals surface area (Å²) in [5.41, 5.74) is 0. The van der Waals surface area contributed by atoms with Gasteiger partial charge in [-0.15, -0.1) is 0 Å². The highest BCUT2D eigenvalue weighted by molar-refractivity contribution is 7.91. The van der Waals surface area contributed by atoms with Gasteiger partial charge in [0.1, 0.15) is 0 Å². The third kappa shape index (κ3) is 1.96. The molecule has 0 spiro atoms. The van der Waals surface area contributed by atoms with Gasteiger partial charge in [0, 0.05) is 12.3 Å². The molecule has 2 atom stereocenters. The second-order valence-corrected chi connectivity index (χ2v) is 5.25. The molecule has 0 amide bonds. The maximum absolute atomic E-state index is 11.1. The van der Waals surface area contributed by atoms with Crippen LogP contribution in [0, 0.1) is 11.3 Å². The van der Waals surface area contributed by atoms with E-state index in [4.69, 9.17) is 5.26 Å². The van der Waals surface area contributed by atoms with Gasteiger partial charge in [0.25, 0.3) is 0 Å². The Balaban J connectivity index is 2.77. The third-order valence-electron chi connectivity index (χ3n) is 2.05. The van der Waals surface area contributed by atoms with Gasteiger partial charge >= 0.3 is 0 Å². The van der Waals surface area contributed by atoms with E-state index in [1.807, 2.05) is 6.07 Å². The van der Waals surface area contributed by atoms with Crippen molar-refractivity contribution in [1.29, 1.82) is 5.26 Å². The van der Waals surface area contributed by atoms with E-state index in [-0.39, 0.29) is 6.04 Å². The zero-order valence-corrected chi connectivity index (χ0v) is 7.76. The molecule has 0 radical (unpaired) electrons. The Morgan fingerprint density at radius 1 is 1.67 bits per heavy atom. The van der Waals surface area contributed by atoms with E-state index < -0.39 is 15.1 Å². The number of rotatable bonds is 2. The zero-order chi connectivity index (χ0) is 9.19. The largest absolute Gasteiger partial charge is 0.312 e. The van der Waals surface area contributed by atoms with Crippen LogP contribution in [0.5, 0.6) is 0 Å². The van der Waals surface area contributed by atoms with Crippen LogP contribution in [-0.4, -0.2) is 32.5 Å². The monoisotopic (exact) mass is 188 g/mol. The van der Waals surface area contributed by atoms with E-state index in [1.165, 1.54) is 0 Å². The molecular weight excluding hydrogens is 176 g/mol. The fraction of sp³-hybridized carbons (Fsp3) is 0.857. The van der Waals surface area contributed by atoms with Gasteiger partial charge in [-0.05, 0) is 19.4 Å². The second kappa shape index (κ2) is 3.42. The van der Waals surface area contributed by atoms with Gasteiger partial charge in [-0.25, -0.2) is 8.42 Å². The lowest BCUT2D eigenvalue weighted by atomic mass is 10.2. The van der Waals surface area contributed by atoms with Crippen molar-refractivity contribution in [3.63, 3.8) is 0 Å². The van der Waals surface area contributed by atoms with Crippen LogP contribution in [0.4, 0.5) is 0 Å². The van der Waals surface area contributed by atoms with Crippen molar-refractivity contribution >= 4 is 9.84 Å². The minimum atomic E-state index is -3.22. The molecule has 12 heavy (non-hydrogen) atoms. The molecule has 0 aromatic heterocycles. The Labute approximate surface area is 72.5 Å². The lowest BCUT2D eigenvalue weighted by Crippen LogP contribution is -2.38. The molecule has 2 unspecified atom stereocenters. The Morgan fingerprint density at radius 3 is 2.67 bits per heavy atom. The van der Waals surface area contributed by atoms with Crippen LogP contribution in [0.2, 0.25) is 0 Å². The average molecular weight is 188 g/mol. The molecule has 68 valence electrons. The molecule has 4 nitrogen and oxygen atoms in total. The maximum Gasteiger partial charge on any atom is 0.165 e. The van der Waals surface area contributed by atoms with Crippen LogP contribution in [0.1, 0.15) is 12.8 Å². The molecule has 0 bridgehead atoms. The van der Waals surface area contributed by atoms with Crippen LogP contribution in [0.3, 0.4) is 0 Å². The third-order valence-corrected chi connectivity index (χ3v) is 3.41. The smallest absolute Gasteiger partial charge is 0.165 e. The van der Waals surface area contributed by atoms with Crippen molar-refractivity contribution in [2.45, 2.75) is 24.1 Å². The first kappa shape index (κ1) is 9.49. The molecule has 0 aromatic rings. The molecule has 0 saturated carbocycles. The number of nitrogens with one attached hydrogen (secondary N) is 1. The predicted molar refractivity (Wildman–Crippen MR) is 45.3 cm³/mol. The molecule has 5 heteroatoms. The minimum absolute atomic E-state index is 0.162. The fourth-order valence-electron chi connectivity index (χ4n) is 1.45. The first-order chi connectivity index (χ1) is 5.55. The zero-order valence-electron chi connectivity index (χ0n) is 6.95. The van der Waals surface area contributed by atoms with Gasteiger partial charge in [0.2, 0.25) is 0 Å². The Kier molecular flexibility index (Phi) is 2.70. The topological polar surface area (TPSA) is 70.0 Å². The highest BCUT2D eigenvalue weighted by Crippen LogP contribution is 2.14. The first-order valence-corrected chi connectivity index (χ1v) is 5.83. The average Bonchev–Trinajstić information content (AvgIpc) is 2.38. The molecule has 0 aromatic carbocycles. The van der Waals surface area contributed by atoms with E-state index in [2.05, 4.69) is 5.32 Å². The van der Waals surface area contributed by atoms with E-state index in [9.17, 15) is 8.42 Å². The summed E-state index contributed by atoms with van der Waals surface area (Å²) in [5.74, 6) is 0. The van der Waals surface area contributed by atoms with Crippen LogP contribution in [0.25, 0.3) is 0 Å². The summed E-state index contributed by atoms with van der Waals surface area (Å²) in [6, 6.07) is 1.67. The van der Waals surface area contributed by atoms with E-state index in [1.54, 1.807) is 0 Å². The number of hydrogen-bond acceptors (Lipinski definition) is 4. The van der Waals surface area contributed by atoms with Gasteiger partial charge in [-0.1, -0.05) is 0 Å². The summed E-state index contributed by atoms with van der Waals surface area (Å²) >= 11 is 0. The number of nitriles is 1. The Bertz CT molecular complexity index is 285. The normalized spacial score (nSPS) is 26.5. The molecular formula is C7H12N2O2S. The molecule has 1 heterocycles. The highest BCUT2D eigenvalue weighted by Gasteiger charge is 2.31. The van der Waals surface area contributed by atoms with E-state index in [0.717, 1.165) is 25.6 Å². The predicted octanol–water partition coefficient (Wildman–Crippen LogP) is -0.325. The molecule has 0 aliphatic carbocycles. The Hall–Kier alpha value is -0.600. The van der Waals surface area contributed by atoms with Gasteiger partial charge in [-0.3, -0.25) is 0 Å². The lowest BCUT2D eigenvalue weighted by molar-refractivity contribution is 0.560. The second-order valence-electron chi connectivity index (χ2n) is 3.08. The first-order valence-electron chi connectivity index (χ1n) is 3.87. The fourth-order valence-corrected chi connectivity index (χ4v) is 2.47. The van der Waals surface area contributed by atoms with Gasteiger partial charge in [0.05, 0.1) is 6.07 Å². The number of nitrogens with zero attached hydrogens (tertiary/aromatic N) is 1. The summed E-state index contributed by atoms with van der Waals surface area (Å²) in [4.78, 5) is 0. The molecule has 1 saturated heterocycles. The quantitative estimate of drug-likeness (QED) is 0.644. The van der Waals surface area contributed by atoms with Crippen molar-refractivity contribution < 1.29 is 8.42 Å².